The first-order chi connectivity index (χ1) is 11.2. The number of aromatic nitrogens is 2. The molecular weight excluding hydrogens is 388 g/mol. The molecule has 2 heterocycles. The fraction of sp³-hybridized carbons (Fsp3) is 0.556. The highest BCUT2D eigenvalue weighted by molar-refractivity contribution is 7.54. The van der Waals surface area contributed by atoms with Crippen LogP contribution in [0.4, 0.5) is 5.82 Å². The van der Waals surface area contributed by atoms with Crippen LogP contribution < -0.4 is 11.4 Å². The Labute approximate surface area is 138 Å². The average Bonchev–Trinajstić information content (AvgIpc) is 2.71. The molecule has 0 bridgehead atoms. The van der Waals surface area contributed by atoms with Crippen LogP contribution in [0.25, 0.3) is 0 Å². The van der Waals surface area contributed by atoms with Crippen molar-refractivity contribution in [3.8, 4) is 0 Å². The fourth-order valence-corrected chi connectivity index (χ4v) is 4.12. The molecule has 9 N–H and O–H groups in total. The summed E-state index contributed by atoms with van der Waals surface area (Å²) >= 11 is 0. The van der Waals surface area contributed by atoms with Crippen LogP contribution in [0.15, 0.2) is 17.1 Å². The van der Waals surface area contributed by atoms with Crippen LogP contribution in [0.5, 0.6) is 0 Å². The molecule has 14 nitrogen and oxygen atoms in total. The average molecular weight is 403 g/mol. The summed E-state index contributed by atoms with van der Waals surface area (Å²) in [6, 6.07) is 1.06. The lowest BCUT2D eigenvalue weighted by Crippen LogP contribution is -2.51. The molecule has 1 saturated heterocycles. The molecule has 1 aliphatic rings. The Morgan fingerprint density at radius 1 is 1.32 bits per heavy atom. The van der Waals surface area contributed by atoms with Gasteiger partial charge in [0.25, 0.3) is 0 Å². The molecule has 16 heteroatoms. The number of aliphatic hydroxyl groups is 3. The number of nitrogens with two attached hydrogens (primary N) is 1. The van der Waals surface area contributed by atoms with E-state index in [9.17, 15) is 39.0 Å². The van der Waals surface area contributed by atoms with Crippen LogP contribution in [-0.2, 0) is 13.9 Å². The molecule has 0 aliphatic carbocycles. The van der Waals surface area contributed by atoms with E-state index in [4.69, 9.17) is 20.3 Å². The van der Waals surface area contributed by atoms with Gasteiger partial charge in [-0.15, -0.1) is 0 Å². The molecule has 0 radical (unpaired) electrons. The molecule has 0 amide bonds. The second kappa shape index (κ2) is 6.21. The maximum Gasteiger partial charge on any atom is 0.362 e. The van der Waals surface area contributed by atoms with E-state index in [1.54, 1.807) is 0 Å². The van der Waals surface area contributed by atoms with Crippen molar-refractivity contribution < 1.29 is 48.8 Å². The molecule has 2 rings (SSSR count). The number of aliphatic hydroxyl groups excluding tert-OH is 2. The van der Waals surface area contributed by atoms with Gasteiger partial charge < -0.3 is 45.4 Å². The summed E-state index contributed by atoms with van der Waals surface area (Å²) in [5.41, 5.74) is 4.12. The van der Waals surface area contributed by atoms with Crippen LogP contribution >= 0.6 is 15.2 Å². The van der Waals surface area contributed by atoms with Crippen LogP contribution in [0.3, 0.4) is 0 Å². The first-order valence-corrected chi connectivity index (χ1v) is 9.70. The Morgan fingerprint density at radius 2 is 1.88 bits per heavy atom. The Morgan fingerprint density at radius 3 is 2.32 bits per heavy atom. The Balaban J connectivity index is 2.60. The van der Waals surface area contributed by atoms with Gasteiger partial charge in [0.1, 0.15) is 18.0 Å². The highest BCUT2D eigenvalue weighted by atomic mass is 31.2. The molecule has 0 spiro atoms. The van der Waals surface area contributed by atoms with E-state index in [2.05, 4.69) is 4.98 Å². The van der Waals surface area contributed by atoms with E-state index in [1.807, 2.05) is 0 Å². The van der Waals surface area contributed by atoms with Crippen LogP contribution in [-0.4, -0.2) is 67.8 Å². The first kappa shape index (κ1) is 20.1. The first-order valence-electron chi connectivity index (χ1n) is 6.40. The van der Waals surface area contributed by atoms with E-state index in [-0.39, 0.29) is 5.82 Å². The third-order valence-corrected chi connectivity index (χ3v) is 6.03. The molecule has 1 unspecified atom stereocenters. The van der Waals surface area contributed by atoms with E-state index in [0.717, 1.165) is 12.3 Å². The van der Waals surface area contributed by atoms with E-state index in [1.165, 1.54) is 0 Å². The van der Waals surface area contributed by atoms with Crippen molar-refractivity contribution in [2.24, 2.45) is 0 Å². The number of hydrogen-bond donors (Lipinski definition) is 8. The minimum absolute atomic E-state index is 0.231. The summed E-state index contributed by atoms with van der Waals surface area (Å²) in [5.74, 6) is -3.13. The van der Waals surface area contributed by atoms with E-state index in [0.29, 0.717) is 4.57 Å². The lowest BCUT2D eigenvalue weighted by molar-refractivity contribution is -0.0792. The third-order valence-electron chi connectivity index (χ3n) is 3.62. The van der Waals surface area contributed by atoms with Crippen molar-refractivity contribution in [3.63, 3.8) is 0 Å². The fourth-order valence-electron chi connectivity index (χ4n) is 2.34. The van der Waals surface area contributed by atoms with Crippen molar-refractivity contribution in [3.05, 3.63) is 22.7 Å². The second-order valence-electron chi connectivity index (χ2n) is 5.26. The largest absolute Gasteiger partial charge is 0.385 e. The summed E-state index contributed by atoms with van der Waals surface area (Å²) in [7, 11) is -11.2. The number of ether oxygens (including phenoxy) is 1. The van der Waals surface area contributed by atoms with Crippen molar-refractivity contribution in [2.75, 3.05) is 5.73 Å². The number of hydrogen-bond acceptors (Lipinski definition) is 9. The summed E-state index contributed by atoms with van der Waals surface area (Å²) in [6.45, 7) is 0. The topological polar surface area (TPSA) is 246 Å². The SMILES string of the molecule is Nc1ccn([C@@H]2O[C@H](C(O)P(=O)(O)O)[C@](O)(P(=O)(O)O)[C@H]2O)c(=O)n1. The molecular formula is C9H15N3O11P2. The van der Waals surface area contributed by atoms with Gasteiger partial charge in [-0.25, -0.2) is 4.79 Å². The summed E-state index contributed by atoms with van der Waals surface area (Å²) in [6.07, 6.45) is -6.30. The molecule has 0 saturated carbocycles. The molecule has 5 atom stereocenters. The van der Waals surface area contributed by atoms with Gasteiger partial charge in [-0.05, 0) is 6.07 Å². The number of nitrogen functional groups attached to an aromatic ring is 1. The maximum absolute atomic E-state index is 11.8. The Bertz CT molecular complexity index is 817. The van der Waals surface area contributed by atoms with Gasteiger partial charge in [0, 0.05) is 6.20 Å². The van der Waals surface area contributed by atoms with Gasteiger partial charge in [-0.3, -0.25) is 13.7 Å². The minimum atomic E-state index is -5.73. The lowest BCUT2D eigenvalue weighted by atomic mass is 10.1. The van der Waals surface area contributed by atoms with Crippen molar-refractivity contribution in [2.45, 2.75) is 29.6 Å². The highest BCUT2D eigenvalue weighted by Gasteiger charge is 2.69. The van der Waals surface area contributed by atoms with Crippen LogP contribution in [0, 0.1) is 0 Å². The molecule has 1 aromatic rings. The normalized spacial score (nSPS) is 31.9. The van der Waals surface area contributed by atoms with E-state index >= 15 is 0 Å². The predicted molar refractivity (Wildman–Crippen MR) is 77.9 cm³/mol. The van der Waals surface area contributed by atoms with Gasteiger partial charge in [-0.1, -0.05) is 0 Å². The number of rotatable bonds is 4. The lowest BCUT2D eigenvalue weighted by Gasteiger charge is -2.33. The predicted octanol–water partition coefficient (Wildman–Crippen LogP) is -3.55. The van der Waals surface area contributed by atoms with Crippen molar-refractivity contribution in [1.29, 1.82) is 0 Å². The van der Waals surface area contributed by atoms with Crippen molar-refractivity contribution >= 4 is 21.0 Å². The maximum atomic E-state index is 11.8. The van der Waals surface area contributed by atoms with Crippen molar-refractivity contribution in [1.82, 2.24) is 9.55 Å². The number of nitrogens with zero attached hydrogens (tertiary/aromatic N) is 2. The van der Waals surface area contributed by atoms with Gasteiger partial charge in [0.05, 0.1) is 0 Å². The third kappa shape index (κ3) is 3.29. The van der Waals surface area contributed by atoms with Gasteiger partial charge >= 0.3 is 20.9 Å². The summed E-state index contributed by atoms with van der Waals surface area (Å²) in [4.78, 5) is 51.8. The zero-order chi connectivity index (χ0) is 19.4. The standard InChI is InChI=1S/C9H15N3O11P2/c10-3-1-2-12(8(15)11-3)6-4(13)9(16,25(20,21)22)5(23-6)7(14)24(17,18)19/h1-2,4-7,13-14,16H,(H2,10,11,15)(H2,17,18,19)(H2,20,21,22)/t4-,5+,6+,7?,9+/m0/s1. The zero-order valence-electron chi connectivity index (χ0n) is 12.1. The Kier molecular flexibility index (Phi) is 5.00. The highest BCUT2D eigenvalue weighted by Crippen LogP contribution is 2.62. The van der Waals surface area contributed by atoms with Crippen LogP contribution in [0.1, 0.15) is 6.23 Å². The second-order valence-corrected chi connectivity index (χ2v) is 8.78. The minimum Gasteiger partial charge on any atom is -0.385 e. The summed E-state index contributed by atoms with van der Waals surface area (Å²) < 4.78 is 28.2. The monoisotopic (exact) mass is 403 g/mol. The molecule has 1 aliphatic heterocycles. The summed E-state index contributed by atoms with van der Waals surface area (Å²) in [5, 5.41) is 26.4. The van der Waals surface area contributed by atoms with Gasteiger partial charge in [0.15, 0.2) is 12.1 Å². The van der Waals surface area contributed by atoms with Crippen LogP contribution in [0.2, 0.25) is 0 Å². The molecule has 25 heavy (non-hydrogen) atoms. The molecule has 1 fully saturated rings. The smallest absolute Gasteiger partial charge is 0.362 e. The molecule has 1 aromatic heterocycles. The zero-order valence-corrected chi connectivity index (χ0v) is 13.9. The quantitative estimate of drug-likeness (QED) is 0.227. The van der Waals surface area contributed by atoms with Gasteiger partial charge in [-0.2, -0.15) is 4.98 Å². The molecule has 142 valence electrons. The van der Waals surface area contributed by atoms with E-state index < -0.39 is 50.5 Å². The number of anilines is 1. The van der Waals surface area contributed by atoms with Gasteiger partial charge in [0.2, 0.25) is 5.34 Å². The Hall–Kier alpha value is -1.18. The molecule has 0 aromatic carbocycles.